The molecule has 0 N–H and O–H groups in total. The molecule has 0 spiro atoms. The summed E-state index contributed by atoms with van der Waals surface area (Å²) in [5.74, 6) is -0.211. The highest BCUT2D eigenvalue weighted by atomic mass is 35.5. The van der Waals surface area contributed by atoms with Gasteiger partial charge in [-0.25, -0.2) is 4.79 Å². The van der Waals surface area contributed by atoms with Crippen LogP contribution in [-0.4, -0.2) is 0 Å². The van der Waals surface area contributed by atoms with Crippen LogP contribution in [0.4, 0.5) is 0 Å². The standard InChI is InChI=1S/C13H3ClN2O3/c14-6-1-2-9-7(3-6)12-11(13(17)19-9)8(4-15)10(5-16)18-12/h1-3H. The van der Waals surface area contributed by atoms with Crippen LogP contribution in [0.15, 0.2) is 31.8 Å². The molecule has 0 radical (unpaired) electrons. The van der Waals surface area contributed by atoms with Gasteiger partial charge in [0.2, 0.25) is 5.76 Å². The van der Waals surface area contributed by atoms with Crippen LogP contribution in [-0.2, 0) is 0 Å². The molecule has 6 heteroatoms. The van der Waals surface area contributed by atoms with Crippen molar-refractivity contribution >= 4 is 33.5 Å². The maximum atomic E-state index is 11.9. The van der Waals surface area contributed by atoms with Gasteiger partial charge in [-0.3, -0.25) is 0 Å². The van der Waals surface area contributed by atoms with E-state index in [9.17, 15) is 4.79 Å². The lowest BCUT2D eigenvalue weighted by atomic mass is 10.1. The summed E-state index contributed by atoms with van der Waals surface area (Å²) < 4.78 is 10.4. The van der Waals surface area contributed by atoms with Crippen molar-refractivity contribution in [1.29, 1.82) is 10.5 Å². The van der Waals surface area contributed by atoms with Crippen LogP contribution in [0.2, 0.25) is 5.02 Å². The Morgan fingerprint density at radius 3 is 2.63 bits per heavy atom. The van der Waals surface area contributed by atoms with Gasteiger partial charge in [0.05, 0.1) is 5.39 Å². The van der Waals surface area contributed by atoms with Crippen LogP contribution < -0.4 is 5.63 Å². The highest BCUT2D eigenvalue weighted by molar-refractivity contribution is 6.31. The van der Waals surface area contributed by atoms with E-state index in [-0.39, 0.29) is 27.9 Å². The predicted octanol–water partition coefficient (Wildman–Crippen LogP) is 2.94. The fraction of sp³-hybridized carbons (Fsp3) is 0. The summed E-state index contributed by atoms with van der Waals surface area (Å²) in [7, 11) is 0. The van der Waals surface area contributed by atoms with Crippen molar-refractivity contribution in [2.24, 2.45) is 0 Å². The molecule has 3 rings (SSSR count). The Morgan fingerprint density at radius 1 is 1.16 bits per heavy atom. The van der Waals surface area contributed by atoms with Crippen molar-refractivity contribution in [3.63, 3.8) is 0 Å². The predicted molar refractivity (Wildman–Crippen MR) is 66.7 cm³/mol. The monoisotopic (exact) mass is 270 g/mol. The van der Waals surface area contributed by atoms with E-state index in [0.29, 0.717) is 10.4 Å². The van der Waals surface area contributed by atoms with Gasteiger partial charge in [-0.05, 0) is 18.2 Å². The van der Waals surface area contributed by atoms with E-state index in [1.807, 2.05) is 0 Å². The van der Waals surface area contributed by atoms with Crippen LogP contribution >= 0.6 is 11.6 Å². The van der Waals surface area contributed by atoms with Crippen LogP contribution in [0, 0.1) is 22.7 Å². The van der Waals surface area contributed by atoms with E-state index in [1.165, 1.54) is 6.07 Å². The first-order valence-electron chi connectivity index (χ1n) is 5.14. The van der Waals surface area contributed by atoms with Crippen molar-refractivity contribution in [2.75, 3.05) is 0 Å². The highest BCUT2D eigenvalue weighted by Crippen LogP contribution is 2.30. The summed E-state index contributed by atoms with van der Waals surface area (Å²) in [6.45, 7) is 0. The molecule has 0 saturated heterocycles. The molecule has 2 heterocycles. The number of hydrogen-bond donors (Lipinski definition) is 0. The number of nitrogens with zero attached hydrogens (tertiary/aromatic N) is 2. The fourth-order valence-electron chi connectivity index (χ4n) is 1.92. The fourth-order valence-corrected chi connectivity index (χ4v) is 2.09. The quantitative estimate of drug-likeness (QED) is 0.586. The summed E-state index contributed by atoms with van der Waals surface area (Å²) in [4.78, 5) is 11.9. The Balaban J connectivity index is 2.67. The second-order valence-electron chi connectivity index (χ2n) is 3.76. The number of benzene rings is 1. The second-order valence-corrected chi connectivity index (χ2v) is 4.20. The molecule has 19 heavy (non-hydrogen) atoms. The molecular formula is C13H3ClN2O3. The van der Waals surface area contributed by atoms with Crippen LogP contribution in [0.25, 0.3) is 21.9 Å². The number of furan rings is 1. The molecule has 0 saturated carbocycles. The van der Waals surface area contributed by atoms with Gasteiger partial charge in [0, 0.05) is 5.02 Å². The second kappa shape index (κ2) is 3.88. The topological polar surface area (TPSA) is 90.9 Å². The van der Waals surface area contributed by atoms with Gasteiger partial charge in [-0.1, -0.05) is 11.6 Å². The third-order valence-electron chi connectivity index (χ3n) is 2.71. The highest BCUT2D eigenvalue weighted by Gasteiger charge is 2.20. The zero-order valence-corrected chi connectivity index (χ0v) is 9.99. The molecule has 0 unspecified atom stereocenters. The maximum Gasteiger partial charge on any atom is 0.348 e. The van der Waals surface area contributed by atoms with Crippen LogP contribution in [0.1, 0.15) is 11.3 Å². The summed E-state index contributed by atoms with van der Waals surface area (Å²) in [6, 6.07) is 8.16. The molecule has 0 bridgehead atoms. The van der Waals surface area contributed by atoms with Gasteiger partial charge >= 0.3 is 5.63 Å². The minimum atomic E-state index is -0.716. The Kier molecular flexibility index (Phi) is 2.31. The van der Waals surface area contributed by atoms with Gasteiger partial charge in [0.1, 0.15) is 28.7 Å². The lowest BCUT2D eigenvalue weighted by molar-refractivity contribution is 0.563. The first kappa shape index (κ1) is 11.3. The number of nitriles is 2. The van der Waals surface area contributed by atoms with E-state index < -0.39 is 5.63 Å². The first-order valence-corrected chi connectivity index (χ1v) is 5.52. The Morgan fingerprint density at radius 2 is 1.95 bits per heavy atom. The molecule has 0 aliphatic heterocycles. The zero-order chi connectivity index (χ0) is 13.6. The average Bonchev–Trinajstić information content (AvgIpc) is 2.79. The van der Waals surface area contributed by atoms with Crippen molar-refractivity contribution in [3.8, 4) is 12.1 Å². The minimum absolute atomic E-state index is 0.0335. The molecule has 2 aromatic heterocycles. The smallest absolute Gasteiger partial charge is 0.348 e. The van der Waals surface area contributed by atoms with Crippen LogP contribution in [0.3, 0.4) is 0 Å². The van der Waals surface area contributed by atoms with Gasteiger partial charge in [-0.2, -0.15) is 10.5 Å². The lowest BCUT2D eigenvalue weighted by Crippen LogP contribution is -1.99. The lowest BCUT2D eigenvalue weighted by Gasteiger charge is -1.97. The molecule has 0 aliphatic rings. The summed E-state index contributed by atoms with van der Waals surface area (Å²) in [5.41, 5.74) is -0.411. The molecule has 3 aromatic rings. The molecule has 0 amide bonds. The van der Waals surface area contributed by atoms with Gasteiger partial charge in [-0.15, -0.1) is 0 Å². The van der Waals surface area contributed by atoms with Gasteiger partial charge < -0.3 is 8.83 Å². The van der Waals surface area contributed by atoms with E-state index in [2.05, 4.69) is 0 Å². The largest absolute Gasteiger partial charge is 0.443 e. The van der Waals surface area contributed by atoms with Gasteiger partial charge in [0.15, 0.2) is 5.58 Å². The third-order valence-corrected chi connectivity index (χ3v) is 2.95. The van der Waals surface area contributed by atoms with E-state index in [4.69, 9.17) is 31.0 Å². The molecule has 90 valence electrons. The zero-order valence-electron chi connectivity index (χ0n) is 9.23. The molecule has 0 aliphatic carbocycles. The van der Waals surface area contributed by atoms with Crippen molar-refractivity contribution in [2.45, 2.75) is 0 Å². The van der Waals surface area contributed by atoms with Crippen molar-refractivity contribution < 1.29 is 8.83 Å². The number of hydrogen-bond acceptors (Lipinski definition) is 5. The number of halogens is 1. The SMILES string of the molecule is N#Cc1oc2c(c1C#N)c(=O)oc1ccc(Cl)cc12. The molecule has 1 aromatic carbocycles. The summed E-state index contributed by atoms with van der Waals surface area (Å²) in [6.07, 6.45) is 0. The maximum absolute atomic E-state index is 11.9. The Bertz CT molecular complexity index is 970. The van der Waals surface area contributed by atoms with Crippen molar-refractivity contribution in [3.05, 3.63) is 45.0 Å². The minimum Gasteiger partial charge on any atom is -0.443 e. The Hall–Kier alpha value is -2.76. The molecular weight excluding hydrogens is 268 g/mol. The third kappa shape index (κ3) is 1.50. The van der Waals surface area contributed by atoms with Crippen molar-refractivity contribution in [1.82, 2.24) is 0 Å². The molecule has 5 nitrogen and oxygen atoms in total. The molecule has 0 atom stereocenters. The van der Waals surface area contributed by atoms with E-state index in [1.54, 1.807) is 24.3 Å². The van der Waals surface area contributed by atoms with E-state index in [0.717, 1.165) is 0 Å². The number of fused-ring (bicyclic) bond motifs is 3. The normalized spacial score (nSPS) is 10.5. The van der Waals surface area contributed by atoms with E-state index >= 15 is 0 Å². The number of rotatable bonds is 0. The first-order chi connectivity index (χ1) is 9.15. The summed E-state index contributed by atoms with van der Waals surface area (Å²) in [5, 5.41) is 18.8. The van der Waals surface area contributed by atoms with Gasteiger partial charge in [0.25, 0.3) is 0 Å². The average molecular weight is 271 g/mol. The Labute approximate surface area is 110 Å². The molecule has 0 fully saturated rings. The van der Waals surface area contributed by atoms with Crippen LogP contribution in [0.5, 0.6) is 0 Å². The summed E-state index contributed by atoms with van der Waals surface area (Å²) >= 11 is 5.88.